The smallest absolute Gasteiger partial charge is 0.0839 e. The van der Waals surface area contributed by atoms with Crippen LogP contribution in [0.4, 0.5) is 5.69 Å². The van der Waals surface area contributed by atoms with Crippen LogP contribution in [-0.2, 0) is 0 Å². The molecule has 0 unspecified atom stereocenters. The van der Waals surface area contributed by atoms with Crippen LogP contribution in [0.2, 0.25) is 5.02 Å². The molecule has 1 atom stereocenters. The number of benzene rings is 1. The largest absolute Gasteiger partial charge is 0.390 e. The van der Waals surface area contributed by atoms with Crippen LogP contribution in [0.1, 0.15) is 13.8 Å². The van der Waals surface area contributed by atoms with Gasteiger partial charge in [0.15, 0.2) is 0 Å². The Kier molecular flexibility index (Phi) is 5.79. The van der Waals surface area contributed by atoms with E-state index >= 15 is 0 Å². The quantitative estimate of drug-likeness (QED) is 0.825. The molecule has 0 aliphatic carbocycles. The topological polar surface area (TPSA) is 48.4 Å². The van der Waals surface area contributed by atoms with Gasteiger partial charge in [0.1, 0.15) is 0 Å². The van der Waals surface area contributed by atoms with Crippen LogP contribution in [0.5, 0.6) is 0 Å². The number of likely N-dealkylation sites (N-methyl/N-ethyl adjacent to an activating group) is 1. The molecule has 0 fully saturated rings. The van der Waals surface area contributed by atoms with Crippen LogP contribution in [-0.4, -0.2) is 47.3 Å². The summed E-state index contributed by atoms with van der Waals surface area (Å²) in [4.78, 5) is 6.51. The summed E-state index contributed by atoms with van der Waals surface area (Å²) in [6.07, 6.45) is 1.35. The molecule has 2 rings (SSSR count). The van der Waals surface area contributed by atoms with Gasteiger partial charge in [-0.2, -0.15) is 0 Å². The third kappa shape index (κ3) is 4.30. The van der Waals surface area contributed by atoms with Crippen LogP contribution >= 0.6 is 11.6 Å². The van der Waals surface area contributed by atoms with E-state index in [2.05, 4.69) is 29.0 Å². The number of nitrogens with one attached hydrogen (secondary N) is 1. The number of aliphatic hydroxyl groups is 1. The van der Waals surface area contributed by atoms with Crippen molar-refractivity contribution in [3.63, 3.8) is 0 Å². The van der Waals surface area contributed by atoms with Crippen molar-refractivity contribution >= 4 is 28.2 Å². The van der Waals surface area contributed by atoms with E-state index in [0.717, 1.165) is 29.7 Å². The molecule has 21 heavy (non-hydrogen) atoms. The number of fused-ring (bicyclic) bond motifs is 1. The van der Waals surface area contributed by atoms with Crippen molar-refractivity contribution in [1.82, 2.24) is 9.88 Å². The SMILES string of the molecule is CCN(CC)C[C@@H](O)CNc1ccnc2cc(Cl)ccc12. The van der Waals surface area contributed by atoms with Gasteiger partial charge < -0.3 is 15.3 Å². The molecule has 0 bridgehead atoms. The predicted molar refractivity (Wildman–Crippen MR) is 89.0 cm³/mol. The number of anilines is 1. The lowest BCUT2D eigenvalue weighted by molar-refractivity contribution is 0.128. The summed E-state index contributed by atoms with van der Waals surface area (Å²) in [7, 11) is 0. The zero-order valence-corrected chi connectivity index (χ0v) is 13.3. The van der Waals surface area contributed by atoms with E-state index < -0.39 is 6.10 Å². The molecule has 0 aliphatic heterocycles. The van der Waals surface area contributed by atoms with Gasteiger partial charge in [0.2, 0.25) is 0 Å². The zero-order valence-electron chi connectivity index (χ0n) is 12.5. The van der Waals surface area contributed by atoms with Gasteiger partial charge in [0.25, 0.3) is 0 Å². The van der Waals surface area contributed by atoms with E-state index in [9.17, 15) is 5.11 Å². The predicted octanol–water partition coefficient (Wildman–Crippen LogP) is 3.00. The number of hydrogen-bond acceptors (Lipinski definition) is 4. The minimum atomic E-state index is -0.402. The first-order valence-electron chi connectivity index (χ1n) is 7.32. The van der Waals surface area contributed by atoms with E-state index in [1.807, 2.05) is 24.3 Å². The van der Waals surface area contributed by atoms with Gasteiger partial charge in [-0.3, -0.25) is 4.98 Å². The Hall–Kier alpha value is -1.36. The van der Waals surface area contributed by atoms with Gasteiger partial charge in [-0.1, -0.05) is 25.4 Å². The molecule has 4 nitrogen and oxygen atoms in total. The number of pyridine rings is 1. The van der Waals surface area contributed by atoms with Crippen LogP contribution in [0.3, 0.4) is 0 Å². The van der Waals surface area contributed by atoms with E-state index in [-0.39, 0.29) is 0 Å². The number of rotatable bonds is 7. The van der Waals surface area contributed by atoms with E-state index in [1.54, 1.807) is 6.20 Å². The second-order valence-electron chi connectivity index (χ2n) is 5.04. The first-order chi connectivity index (χ1) is 10.1. The summed E-state index contributed by atoms with van der Waals surface area (Å²) in [5.41, 5.74) is 1.82. The first-order valence-corrected chi connectivity index (χ1v) is 7.70. The third-order valence-corrected chi connectivity index (χ3v) is 3.83. The van der Waals surface area contributed by atoms with Gasteiger partial charge in [0, 0.05) is 35.4 Å². The van der Waals surface area contributed by atoms with Crippen LogP contribution in [0.15, 0.2) is 30.5 Å². The number of hydrogen-bond donors (Lipinski definition) is 2. The molecule has 114 valence electrons. The summed E-state index contributed by atoms with van der Waals surface area (Å²) in [6, 6.07) is 7.56. The fourth-order valence-corrected chi connectivity index (χ4v) is 2.51. The van der Waals surface area contributed by atoms with Crippen LogP contribution < -0.4 is 5.32 Å². The van der Waals surface area contributed by atoms with E-state index in [0.29, 0.717) is 18.1 Å². The molecular weight excluding hydrogens is 286 g/mol. The molecular formula is C16H22ClN3O. The first kappa shape index (κ1) is 16.0. The highest BCUT2D eigenvalue weighted by Crippen LogP contribution is 2.24. The average molecular weight is 308 g/mol. The Labute approximate surface area is 130 Å². The monoisotopic (exact) mass is 307 g/mol. The second kappa shape index (κ2) is 7.59. The summed E-state index contributed by atoms with van der Waals surface area (Å²) in [5, 5.41) is 15.1. The van der Waals surface area contributed by atoms with Crippen molar-refractivity contribution in [2.75, 3.05) is 31.5 Å². The molecule has 2 aromatic rings. The van der Waals surface area contributed by atoms with Crippen molar-refractivity contribution in [3.05, 3.63) is 35.5 Å². The van der Waals surface area contributed by atoms with Crippen molar-refractivity contribution in [1.29, 1.82) is 0 Å². The highest BCUT2D eigenvalue weighted by atomic mass is 35.5. The molecule has 0 amide bonds. The molecule has 0 radical (unpaired) electrons. The molecule has 1 aromatic carbocycles. The third-order valence-electron chi connectivity index (χ3n) is 3.60. The lowest BCUT2D eigenvalue weighted by atomic mass is 10.2. The van der Waals surface area contributed by atoms with Gasteiger partial charge in [-0.25, -0.2) is 0 Å². The van der Waals surface area contributed by atoms with Crippen molar-refractivity contribution in [3.8, 4) is 0 Å². The molecule has 1 heterocycles. The number of aliphatic hydroxyl groups excluding tert-OH is 1. The number of nitrogens with zero attached hydrogens (tertiary/aromatic N) is 2. The lowest BCUT2D eigenvalue weighted by Gasteiger charge is -2.22. The highest BCUT2D eigenvalue weighted by Gasteiger charge is 2.09. The highest BCUT2D eigenvalue weighted by molar-refractivity contribution is 6.31. The maximum atomic E-state index is 10.1. The summed E-state index contributed by atoms with van der Waals surface area (Å²) >= 11 is 5.98. The standard InChI is InChI=1S/C16H22ClN3O/c1-3-20(4-2)11-13(21)10-19-15-7-8-18-16-9-12(17)5-6-14(15)16/h5-9,13,21H,3-4,10-11H2,1-2H3,(H,18,19)/t13-/m0/s1. The summed E-state index contributed by atoms with van der Waals surface area (Å²) in [5.74, 6) is 0. The molecule has 5 heteroatoms. The van der Waals surface area contributed by atoms with Gasteiger partial charge in [0.05, 0.1) is 11.6 Å². The van der Waals surface area contributed by atoms with Gasteiger partial charge >= 0.3 is 0 Å². The fourth-order valence-electron chi connectivity index (χ4n) is 2.35. The van der Waals surface area contributed by atoms with Crippen molar-refractivity contribution in [2.45, 2.75) is 20.0 Å². The average Bonchev–Trinajstić information content (AvgIpc) is 2.50. The summed E-state index contributed by atoms with van der Waals surface area (Å²) < 4.78 is 0. The normalized spacial score (nSPS) is 12.8. The minimum absolute atomic E-state index is 0.402. The van der Waals surface area contributed by atoms with Gasteiger partial charge in [-0.15, -0.1) is 0 Å². The number of halogens is 1. The van der Waals surface area contributed by atoms with Gasteiger partial charge in [-0.05, 0) is 37.4 Å². The second-order valence-corrected chi connectivity index (χ2v) is 5.48. The fraction of sp³-hybridized carbons (Fsp3) is 0.438. The van der Waals surface area contributed by atoms with Crippen LogP contribution in [0.25, 0.3) is 10.9 Å². The van der Waals surface area contributed by atoms with Crippen molar-refractivity contribution < 1.29 is 5.11 Å². The Morgan fingerprint density at radius 2 is 2.05 bits per heavy atom. The van der Waals surface area contributed by atoms with E-state index in [1.165, 1.54) is 0 Å². The lowest BCUT2D eigenvalue weighted by Crippen LogP contribution is -2.35. The van der Waals surface area contributed by atoms with E-state index in [4.69, 9.17) is 11.6 Å². The Bertz CT molecular complexity index is 587. The molecule has 1 aromatic heterocycles. The molecule has 0 saturated heterocycles. The maximum Gasteiger partial charge on any atom is 0.0839 e. The van der Waals surface area contributed by atoms with Crippen molar-refractivity contribution in [2.24, 2.45) is 0 Å². The maximum absolute atomic E-state index is 10.1. The Morgan fingerprint density at radius 3 is 2.76 bits per heavy atom. The molecule has 0 aliphatic rings. The Balaban J connectivity index is 2.03. The summed E-state index contributed by atoms with van der Waals surface area (Å²) in [6.45, 7) is 7.29. The molecule has 2 N–H and O–H groups in total. The minimum Gasteiger partial charge on any atom is -0.390 e. The number of aromatic nitrogens is 1. The molecule has 0 saturated carbocycles. The molecule has 0 spiro atoms. The zero-order chi connectivity index (χ0) is 15.2. The van der Waals surface area contributed by atoms with Crippen LogP contribution in [0, 0.1) is 0 Å². The Morgan fingerprint density at radius 1 is 1.29 bits per heavy atom.